The van der Waals surface area contributed by atoms with E-state index < -0.39 is 14.9 Å². The van der Waals surface area contributed by atoms with E-state index in [-0.39, 0.29) is 22.0 Å². The molecule has 0 bridgehead atoms. The van der Waals surface area contributed by atoms with Gasteiger partial charge < -0.3 is 4.74 Å². The number of non-ortho nitro benzene ring substituents is 1. The average molecular weight is 455 g/mol. The van der Waals surface area contributed by atoms with Crippen molar-refractivity contribution in [1.82, 2.24) is 0 Å². The minimum atomic E-state index is -4.22. The molecule has 0 unspecified atom stereocenters. The lowest BCUT2D eigenvalue weighted by Gasteiger charge is -2.14. The Hall–Kier alpha value is -3.92. The summed E-state index contributed by atoms with van der Waals surface area (Å²) in [6.45, 7) is 1.92. The highest BCUT2D eigenvalue weighted by molar-refractivity contribution is 7.93. The van der Waals surface area contributed by atoms with Crippen molar-refractivity contribution in [3.63, 3.8) is 0 Å². The first-order chi connectivity index (χ1) is 15.4. The molecule has 0 atom stereocenters. The van der Waals surface area contributed by atoms with Crippen LogP contribution in [-0.2, 0) is 10.0 Å². The molecule has 9 nitrogen and oxygen atoms in total. The quantitative estimate of drug-likeness (QED) is 0.276. The molecule has 10 heteroatoms. The van der Waals surface area contributed by atoms with E-state index in [0.717, 1.165) is 11.6 Å². The third kappa shape index (κ3) is 5.22. The lowest BCUT2D eigenvalue weighted by molar-refractivity contribution is -0.385. The molecule has 0 heterocycles. The van der Waals surface area contributed by atoms with Gasteiger partial charge in [0, 0.05) is 12.1 Å². The van der Waals surface area contributed by atoms with Gasteiger partial charge in [0.05, 0.1) is 29.1 Å². The Morgan fingerprint density at radius 1 is 1.03 bits per heavy atom. The fourth-order valence-electron chi connectivity index (χ4n) is 2.97. The topological polar surface area (TPSA) is 123 Å². The summed E-state index contributed by atoms with van der Waals surface area (Å²) in [5.41, 5.74) is 4.28. The van der Waals surface area contributed by atoms with Gasteiger partial charge in [-0.25, -0.2) is 8.42 Å². The molecule has 0 spiro atoms. The summed E-state index contributed by atoms with van der Waals surface area (Å²) in [6, 6.07) is 19.4. The van der Waals surface area contributed by atoms with Crippen molar-refractivity contribution in [1.29, 1.82) is 0 Å². The number of nitro benzene ring substituents is 1. The highest BCUT2D eigenvalue weighted by Gasteiger charge is 2.24. The van der Waals surface area contributed by atoms with E-state index in [2.05, 4.69) is 15.2 Å². The van der Waals surface area contributed by atoms with Crippen LogP contribution in [-0.4, -0.2) is 26.2 Å². The van der Waals surface area contributed by atoms with E-state index in [9.17, 15) is 18.5 Å². The SMILES string of the molecule is CC/C(=N\Nc1ccc([N+](=O)[O-])cc1S(=O)(=O)Nc1ccccc1OC)c1ccccc1. The molecule has 2 N–H and O–H groups in total. The number of nitrogens with zero attached hydrogens (tertiary/aromatic N) is 2. The number of sulfonamides is 1. The molecule has 0 aromatic heterocycles. The Balaban J connectivity index is 2.03. The number of anilines is 2. The van der Waals surface area contributed by atoms with Crippen LogP contribution in [0.25, 0.3) is 0 Å². The summed E-state index contributed by atoms with van der Waals surface area (Å²) < 4.78 is 34.0. The Kier molecular flexibility index (Phi) is 7.06. The minimum absolute atomic E-state index is 0.0971. The molecule has 166 valence electrons. The lowest BCUT2D eigenvalue weighted by Crippen LogP contribution is -2.16. The van der Waals surface area contributed by atoms with Gasteiger partial charge in [-0.05, 0) is 30.2 Å². The summed E-state index contributed by atoms with van der Waals surface area (Å²) in [7, 11) is -2.80. The predicted octanol–water partition coefficient (Wildman–Crippen LogP) is 4.63. The number of hydrogen-bond acceptors (Lipinski definition) is 7. The molecule has 0 aliphatic rings. The Morgan fingerprint density at radius 2 is 1.72 bits per heavy atom. The maximum absolute atomic E-state index is 13.2. The number of methoxy groups -OCH3 is 1. The Labute approximate surface area is 185 Å². The number of nitro groups is 1. The third-order valence-electron chi connectivity index (χ3n) is 4.57. The average Bonchev–Trinajstić information content (AvgIpc) is 2.80. The first kappa shape index (κ1) is 22.8. The monoisotopic (exact) mass is 454 g/mol. The largest absolute Gasteiger partial charge is 0.495 e. The molecule has 0 aliphatic heterocycles. The molecule has 0 saturated carbocycles. The second kappa shape index (κ2) is 9.92. The number of hydrogen-bond donors (Lipinski definition) is 2. The number of nitrogens with one attached hydrogen (secondary N) is 2. The van der Waals surface area contributed by atoms with Crippen molar-refractivity contribution in [3.05, 3.63) is 88.5 Å². The standard InChI is InChI=1S/C22H22N4O5S/c1-3-18(16-9-5-4-6-10-16)23-24-20-14-13-17(26(27)28)15-22(20)32(29,30)25-19-11-7-8-12-21(19)31-2/h4-15,24-25H,3H2,1-2H3/b23-18+. The van der Waals surface area contributed by atoms with E-state index in [1.807, 2.05) is 37.3 Å². The number of hydrazone groups is 1. The van der Waals surface area contributed by atoms with Crippen molar-refractivity contribution in [2.24, 2.45) is 5.10 Å². The van der Waals surface area contributed by atoms with Crippen LogP contribution >= 0.6 is 0 Å². The van der Waals surface area contributed by atoms with Gasteiger partial charge in [-0.15, -0.1) is 0 Å². The van der Waals surface area contributed by atoms with Gasteiger partial charge in [0.2, 0.25) is 0 Å². The molecule has 3 rings (SSSR count). The van der Waals surface area contributed by atoms with Crippen LogP contribution in [0.1, 0.15) is 18.9 Å². The van der Waals surface area contributed by atoms with E-state index in [4.69, 9.17) is 4.74 Å². The molecule has 3 aromatic rings. The van der Waals surface area contributed by atoms with Crippen LogP contribution in [0.5, 0.6) is 5.75 Å². The second-order valence-corrected chi connectivity index (χ2v) is 8.28. The van der Waals surface area contributed by atoms with Crippen molar-refractivity contribution < 1.29 is 18.1 Å². The van der Waals surface area contributed by atoms with Crippen molar-refractivity contribution in [2.45, 2.75) is 18.2 Å². The fourth-order valence-corrected chi connectivity index (χ4v) is 4.22. The van der Waals surface area contributed by atoms with Gasteiger partial charge in [-0.3, -0.25) is 20.3 Å². The number of ether oxygens (including phenoxy) is 1. The summed E-state index contributed by atoms with van der Waals surface area (Å²) >= 11 is 0. The molecular weight excluding hydrogens is 432 g/mol. The molecule has 0 fully saturated rings. The van der Waals surface area contributed by atoms with E-state index in [1.54, 1.807) is 18.2 Å². The zero-order valence-electron chi connectivity index (χ0n) is 17.5. The Morgan fingerprint density at radius 3 is 2.38 bits per heavy atom. The van der Waals surface area contributed by atoms with E-state index in [0.29, 0.717) is 17.9 Å². The van der Waals surface area contributed by atoms with Crippen LogP contribution in [0.4, 0.5) is 17.1 Å². The van der Waals surface area contributed by atoms with Gasteiger partial charge in [0.25, 0.3) is 15.7 Å². The number of benzene rings is 3. The van der Waals surface area contributed by atoms with Crippen LogP contribution < -0.4 is 14.9 Å². The smallest absolute Gasteiger partial charge is 0.270 e. The predicted molar refractivity (Wildman–Crippen MR) is 124 cm³/mol. The highest BCUT2D eigenvalue weighted by Crippen LogP contribution is 2.31. The fraction of sp³-hybridized carbons (Fsp3) is 0.136. The van der Waals surface area contributed by atoms with E-state index >= 15 is 0 Å². The van der Waals surface area contributed by atoms with Crippen LogP contribution in [0.15, 0.2) is 82.8 Å². The number of rotatable bonds is 9. The third-order valence-corrected chi connectivity index (χ3v) is 5.98. The molecular formula is C22H22N4O5S. The van der Waals surface area contributed by atoms with E-state index in [1.165, 1.54) is 25.3 Å². The molecule has 0 aliphatic carbocycles. The Bertz CT molecular complexity index is 1240. The van der Waals surface area contributed by atoms with Crippen molar-refractivity contribution >= 4 is 32.8 Å². The first-order valence-corrected chi connectivity index (χ1v) is 11.2. The molecule has 0 saturated heterocycles. The molecule has 0 amide bonds. The normalized spacial score (nSPS) is 11.6. The first-order valence-electron chi connectivity index (χ1n) is 9.68. The van der Waals surface area contributed by atoms with Crippen LogP contribution in [0.2, 0.25) is 0 Å². The summed E-state index contributed by atoms with van der Waals surface area (Å²) in [6.07, 6.45) is 0.589. The zero-order valence-corrected chi connectivity index (χ0v) is 18.3. The van der Waals surface area contributed by atoms with Gasteiger partial charge >= 0.3 is 0 Å². The summed E-state index contributed by atoms with van der Waals surface area (Å²) in [4.78, 5) is 10.3. The molecule has 3 aromatic carbocycles. The maximum atomic E-state index is 13.2. The van der Waals surface area contributed by atoms with Crippen molar-refractivity contribution in [2.75, 3.05) is 17.3 Å². The second-order valence-electron chi connectivity index (χ2n) is 6.63. The molecule has 32 heavy (non-hydrogen) atoms. The summed E-state index contributed by atoms with van der Waals surface area (Å²) in [5.74, 6) is 0.311. The maximum Gasteiger partial charge on any atom is 0.270 e. The van der Waals surface area contributed by atoms with Crippen LogP contribution in [0.3, 0.4) is 0 Å². The molecule has 0 radical (unpaired) electrons. The van der Waals surface area contributed by atoms with Gasteiger partial charge in [-0.1, -0.05) is 49.4 Å². The van der Waals surface area contributed by atoms with Crippen LogP contribution in [0, 0.1) is 10.1 Å². The minimum Gasteiger partial charge on any atom is -0.495 e. The summed E-state index contributed by atoms with van der Waals surface area (Å²) in [5, 5.41) is 15.6. The highest BCUT2D eigenvalue weighted by atomic mass is 32.2. The zero-order chi connectivity index (χ0) is 23.1. The lowest BCUT2D eigenvalue weighted by atomic mass is 10.1. The van der Waals surface area contributed by atoms with Gasteiger partial charge in [0.1, 0.15) is 10.6 Å². The van der Waals surface area contributed by atoms with Gasteiger partial charge in [-0.2, -0.15) is 5.10 Å². The van der Waals surface area contributed by atoms with Crippen molar-refractivity contribution in [3.8, 4) is 5.75 Å². The number of para-hydroxylation sites is 2. The van der Waals surface area contributed by atoms with Gasteiger partial charge in [0.15, 0.2) is 0 Å².